The van der Waals surface area contributed by atoms with Gasteiger partial charge in [0.15, 0.2) is 0 Å². The Morgan fingerprint density at radius 2 is 1.27 bits per heavy atom. The van der Waals surface area contributed by atoms with E-state index in [-0.39, 0.29) is 0 Å². The van der Waals surface area contributed by atoms with Gasteiger partial charge in [-0.2, -0.15) is 0 Å². The lowest BCUT2D eigenvalue weighted by atomic mass is 9.95. The molecule has 0 bridgehead atoms. The molecule has 0 heterocycles. The summed E-state index contributed by atoms with van der Waals surface area (Å²) in [7, 11) is 0. The normalized spacial score (nSPS) is 11.6. The summed E-state index contributed by atoms with van der Waals surface area (Å²) in [6.07, 6.45) is 16.4. The highest BCUT2D eigenvalue weighted by Gasteiger charge is 2.24. The molecular formula is C21H40N+. The van der Waals surface area contributed by atoms with E-state index in [2.05, 4.69) is 51.8 Å². The van der Waals surface area contributed by atoms with Crippen LogP contribution in [0.25, 0.3) is 0 Å². The summed E-state index contributed by atoms with van der Waals surface area (Å²) in [5, 5.41) is 0. The molecule has 0 amide bonds. The number of unbranched alkanes of at least 4 members (excludes halogenated alkanes) is 2. The first-order valence-electron chi connectivity index (χ1n) is 9.35. The summed E-state index contributed by atoms with van der Waals surface area (Å²) in [6, 6.07) is 0. The standard InChI is InChI=1S/C21H40N/c1-6-11-18-22(17-10-5,19-12-7-2)20-13-16-21(14-8-3)15-9-4/h8-10,21H,3-7,11-20H2,1-2H3/q+1. The average molecular weight is 307 g/mol. The van der Waals surface area contributed by atoms with Crippen molar-refractivity contribution in [1.82, 2.24) is 0 Å². The van der Waals surface area contributed by atoms with Gasteiger partial charge < -0.3 is 4.48 Å². The van der Waals surface area contributed by atoms with Crippen LogP contribution in [0.15, 0.2) is 38.0 Å². The van der Waals surface area contributed by atoms with Gasteiger partial charge in [-0.05, 0) is 50.5 Å². The van der Waals surface area contributed by atoms with E-state index in [9.17, 15) is 0 Å². The van der Waals surface area contributed by atoms with Crippen molar-refractivity contribution in [3.63, 3.8) is 0 Å². The van der Waals surface area contributed by atoms with Gasteiger partial charge in [0.2, 0.25) is 0 Å². The summed E-state index contributed by atoms with van der Waals surface area (Å²) in [6.45, 7) is 21.5. The molecule has 128 valence electrons. The molecule has 1 nitrogen and oxygen atoms in total. The van der Waals surface area contributed by atoms with Crippen LogP contribution in [0.4, 0.5) is 0 Å². The molecule has 0 aromatic carbocycles. The first kappa shape index (κ1) is 21.2. The highest BCUT2D eigenvalue weighted by atomic mass is 15.3. The SMILES string of the molecule is C=CCC(CC=C)CCC[N+](CC=C)(CCCC)CCCC. The van der Waals surface area contributed by atoms with Crippen molar-refractivity contribution in [3.8, 4) is 0 Å². The highest BCUT2D eigenvalue weighted by Crippen LogP contribution is 2.20. The topological polar surface area (TPSA) is 0 Å². The zero-order chi connectivity index (χ0) is 16.7. The Morgan fingerprint density at radius 1 is 0.773 bits per heavy atom. The van der Waals surface area contributed by atoms with Crippen molar-refractivity contribution in [1.29, 1.82) is 0 Å². The lowest BCUT2D eigenvalue weighted by Crippen LogP contribution is -2.50. The third kappa shape index (κ3) is 9.25. The molecule has 0 N–H and O–H groups in total. The maximum absolute atomic E-state index is 4.02. The lowest BCUT2D eigenvalue weighted by Gasteiger charge is -2.38. The number of allylic oxidation sites excluding steroid dienone is 2. The van der Waals surface area contributed by atoms with Gasteiger partial charge >= 0.3 is 0 Å². The van der Waals surface area contributed by atoms with Crippen LogP contribution >= 0.6 is 0 Å². The van der Waals surface area contributed by atoms with Gasteiger partial charge in [-0.1, -0.05) is 45.4 Å². The fourth-order valence-corrected chi connectivity index (χ4v) is 3.39. The molecule has 0 atom stereocenters. The molecule has 0 aliphatic rings. The van der Waals surface area contributed by atoms with Crippen molar-refractivity contribution >= 4 is 0 Å². The molecule has 0 aromatic heterocycles. The second kappa shape index (κ2) is 13.8. The predicted molar refractivity (Wildman–Crippen MR) is 102 cm³/mol. The van der Waals surface area contributed by atoms with Gasteiger partial charge in [0, 0.05) is 0 Å². The van der Waals surface area contributed by atoms with Crippen molar-refractivity contribution < 1.29 is 4.48 Å². The molecule has 0 aliphatic carbocycles. The Balaban J connectivity index is 4.59. The quantitative estimate of drug-likeness (QED) is 0.237. The fourth-order valence-electron chi connectivity index (χ4n) is 3.39. The minimum absolute atomic E-state index is 0.734. The molecule has 0 aromatic rings. The molecule has 0 aliphatic heterocycles. The van der Waals surface area contributed by atoms with Gasteiger partial charge in [-0.25, -0.2) is 0 Å². The second-order valence-corrected chi connectivity index (χ2v) is 6.75. The monoisotopic (exact) mass is 306 g/mol. The molecule has 0 spiro atoms. The van der Waals surface area contributed by atoms with E-state index < -0.39 is 0 Å². The summed E-state index contributed by atoms with van der Waals surface area (Å²) in [4.78, 5) is 0. The molecule has 0 rings (SSSR count). The van der Waals surface area contributed by atoms with E-state index in [0.29, 0.717) is 0 Å². The first-order valence-corrected chi connectivity index (χ1v) is 9.35. The molecule has 0 unspecified atom stereocenters. The molecular weight excluding hydrogens is 266 g/mol. The summed E-state index contributed by atoms with van der Waals surface area (Å²) < 4.78 is 1.25. The number of hydrogen-bond acceptors (Lipinski definition) is 0. The van der Waals surface area contributed by atoms with Crippen LogP contribution in [0.2, 0.25) is 0 Å². The van der Waals surface area contributed by atoms with Crippen molar-refractivity contribution in [3.05, 3.63) is 38.0 Å². The zero-order valence-electron chi connectivity index (χ0n) is 15.4. The van der Waals surface area contributed by atoms with Crippen molar-refractivity contribution in [2.45, 2.75) is 65.2 Å². The second-order valence-electron chi connectivity index (χ2n) is 6.75. The molecule has 0 fully saturated rings. The Bertz CT molecular complexity index is 274. The van der Waals surface area contributed by atoms with E-state index in [1.165, 1.54) is 62.6 Å². The Labute approximate surface area is 140 Å². The van der Waals surface area contributed by atoms with Crippen LogP contribution in [-0.2, 0) is 0 Å². The summed E-state index contributed by atoms with van der Waals surface area (Å²) in [5.74, 6) is 0.734. The van der Waals surface area contributed by atoms with Crippen LogP contribution in [0.3, 0.4) is 0 Å². The molecule has 22 heavy (non-hydrogen) atoms. The van der Waals surface area contributed by atoms with Crippen molar-refractivity contribution in [2.75, 3.05) is 26.2 Å². The highest BCUT2D eigenvalue weighted by molar-refractivity contribution is 4.79. The summed E-state index contributed by atoms with van der Waals surface area (Å²) in [5.41, 5.74) is 0. The molecule has 0 saturated carbocycles. The fraction of sp³-hybridized carbons (Fsp3) is 0.714. The van der Waals surface area contributed by atoms with Gasteiger partial charge in [-0.15, -0.1) is 13.2 Å². The number of quaternary nitrogens is 1. The maximum atomic E-state index is 4.02. The largest absolute Gasteiger partial charge is 0.320 e. The average Bonchev–Trinajstić information content (AvgIpc) is 2.51. The van der Waals surface area contributed by atoms with Crippen LogP contribution in [0.1, 0.15) is 65.2 Å². The first-order chi connectivity index (χ1) is 10.7. The van der Waals surface area contributed by atoms with E-state index in [1.54, 1.807) is 0 Å². The van der Waals surface area contributed by atoms with E-state index in [4.69, 9.17) is 0 Å². The number of rotatable bonds is 16. The molecule has 0 radical (unpaired) electrons. The Morgan fingerprint density at radius 3 is 1.68 bits per heavy atom. The minimum atomic E-state index is 0.734. The lowest BCUT2D eigenvalue weighted by molar-refractivity contribution is -0.923. The number of hydrogen-bond donors (Lipinski definition) is 0. The van der Waals surface area contributed by atoms with Gasteiger partial charge in [-0.3, -0.25) is 0 Å². The van der Waals surface area contributed by atoms with Crippen LogP contribution in [0.5, 0.6) is 0 Å². The van der Waals surface area contributed by atoms with Gasteiger partial charge in [0.25, 0.3) is 0 Å². The van der Waals surface area contributed by atoms with Crippen molar-refractivity contribution in [2.24, 2.45) is 5.92 Å². The van der Waals surface area contributed by atoms with E-state index in [0.717, 1.165) is 25.3 Å². The Kier molecular flexibility index (Phi) is 13.3. The van der Waals surface area contributed by atoms with Crippen LogP contribution < -0.4 is 0 Å². The van der Waals surface area contributed by atoms with E-state index >= 15 is 0 Å². The maximum Gasteiger partial charge on any atom is 0.0971 e. The van der Waals surface area contributed by atoms with Gasteiger partial charge in [0.1, 0.15) is 0 Å². The van der Waals surface area contributed by atoms with Gasteiger partial charge in [0.05, 0.1) is 26.2 Å². The Hall–Kier alpha value is -0.820. The molecule has 0 saturated heterocycles. The minimum Gasteiger partial charge on any atom is -0.320 e. The third-order valence-electron chi connectivity index (χ3n) is 4.73. The smallest absolute Gasteiger partial charge is 0.0971 e. The molecule has 1 heteroatoms. The van der Waals surface area contributed by atoms with E-state index in [1.807, 2.05) is 0 Å². The predicted octanol–water partition coefficient (Wildman–Crippen LogP) is 6.14. The van der Waals surface area contributed by atoms with Crippen LogP contribution in [0, 0.1) is 5.92 Å². The zero-order valence-corrected chi connectivity index (χ0v) is 15.4. The number of nitrogens with zero attached hydrogens (tertiary/aromatic N) is 1. The van der Waals surface area contributed by atoms with Crippen LogP contribution in [-0.4, -0.2) is 30.7 Å². The summed E-state index contributed by atoms with van der Waals surface area (Å²) >= 11 is 0. The third-order valence-corrected chi connectivity index (χ3v) is 4.73.